The normalized spacial score (nSPS) is 12.0. The minimum absolute atomic E-state index is 0.0639. The van der Waals surface area contributed by atoms with Gasteiger partial charge in [0, 0.05) is 51.7 Å². The van der Waals surface area contributed by atoms with Gasteiger partial charge in [-0.3, -0.25) is 43.2 Å². The Kier molecular flexibility index (Phi) is 72.6. The van der Waals surface area contributed by atoms with Gasteiger partial charge >= 0.3 is 23.9 Å². The monoisotopic (exact) mass is 1360 g/mol. The lowest BCUT2D eigenvalue weighted by atomic mass is 9.99. The second kappa shape index (κ2) is 70.7. The predicted octanol–water partition coefficient (Wildman–Crippen LogP) is 5.99. The highest BCUT2D eigenvalue weighted by Gasteiger charge is 2.26. The lowest BCUT2D eigenvalue weighted by Crippen LogP contribution is -2.45. The van der Waals surface area contributed by atoms with E-state index in [1.54, 1.807) is 0 Å². The molecule has 29 heteroatoms. The first-order valence-electron chi connectivity index (χ1n) is 34.5. The summed E-state index contributed by atoms with van der Waals surface area (Å²) in [5, 5.41) is 54.8. The van der Waals surface area contributed by atoms with Gasteiger partial charge in [0.25, 0.3) is 0 Å². The molecule has 3 unspecified atom stereocenters. The number of carboxylic acid groups (broad SMARTS) is 4. The molecular weight excluding hydrogens is 1240 g/mol. The van der Waals surface area contributed by atoms with Crippen molar-refractivity contribution in [2.45, 2.75) is 273 Å². The fourth-order valence-corrected chi connectivity index (χ4v) is 8.62. The van der Waals surface area contributed by atoms with Crippen LogP contribution in [0.4, 0.5) is 0 Å². The molecule has 0 aliphatic rings. The van der Waals surface area contributed by atoms with Crippen LogP contribution in [0.15, 0.2) is 0 Å². The molecule has 0 saturated carbocycles. The number of nitrogens with one attached hydrogen (secondary N) is 7. The van der Waals surface area contributed by atoms with Gasteiger partial charge in [-0.2, -0.15) is 0 Å². The van der Waals surface area contributed by atoms with E-state index in [4.69, 9.17) is 37.8 Å². The molecule has 0 bridgehead atoms. The average molecular weight is 1360 g/mol. The van der Waals surface area contributed by atoms with Crippen molar-refractivity contribution in [1.82, 2.24) is 37.1 Å². The van der Waals surface area contributed by atoms with E-state index in [-0.39, 0.29) is 133 Å². The summed E-state index contributed by atoms with van der Waals surface area (Å²) < 4.78 is 21.2. The summed E-state index contributed by atoms with van der Waals surface area (Å²) in [6, 6.07) is -5.10. The third-order valence-electron chi connectivity index (χ3n) is 13.8. The number of ether oxygens (including phenoxy) is 4. The van der Waals surface area contributed by atoms with E-state index < -0.39 is 90.9 Å². The van der Waals surface area contributed by atoms with Gasteiger partial charge in [-0.15, -0.1) is 0 Å². The molecule has 5 atom stereocenters. The SMILES string of the molecule is CC.CC.CC.CC(=O)C(N)CCCCNC(=O)COCCOCCNC(=O)COCCOCCNC(=O)CC[C@H](NC(=O)CC[C@H](NC(=O)CCC(NC(=O)CCCCCCCCCCCCCCCCCCC(=O)O)C(=O)O)C(=O)O)C(=O)O.[B]NC(C(C)=O)C(C)C. The first kappa shape index (κ1) is 97.5. The maximum Gasteiger partial charge on any atom is 0.326 e. The van der Waals surface area contributed by atoms with Gasteiger partial charge in [-0.25, -0.2) is 14.4 Å². The summed E-state index contributed by atoms with van der Waals surface area (Å²) >= 11 is 0. The zero-order chi connectivity index (χ0) is 73.0. The van der Waals surface area contributed by atoms with Gasteiger partial charge < -0.3 is 82.2 Å². The number of carbonyl (C=O) groups excluding carboxylic acids is 8. The molecular formula is C66H125BN8O20. The molecule has 0 heterocycles. The van der Waals surface area contributed by atoms with Crippen LogP contribution in [-0.2, 0) is 76.5 Å². The lowest BCUT2D eigenvalue weighted by Gasteiger charge is -2.18. The zero-order valence-corrected chi connectivity index (χ0v) is 59.3. The molecule has 0 saturated heterocycles. The highest BCUT2D eigenvalue weighted by atomic mass is 16.5. The fraction of sp³-hybridized carbons (Fsp3) is 0.818. The van der Waals surface area contributed by atoms with E-state index in [0.29, 0.717) is 25.8 Å². The highest BCUT2D eigenvalue weighted by molar-refractivity contribution is 6.06. The number of nitrogens with two attached hydrogens (primary N) is 1. The number of hydrogen-bond acceptors (Lipinski definition) is 18. The Morgan fingerprint density at radius 1 is 0.368 bits per heavy atom. The first-order chi connectivity index (χ1) is 45.4. The van der Waals surface area contributed by atoms with Crippen LogP contribution >= 0.6 is 0 Å². The maximum absolute atomic E-state index is 12.6. The van der Waals surface area contributed by atoms with Crippen molar-refractivity contribution in [3.05, 3.63) is 0 Å². The second-order valence-electron chi connectivity index (χ2n) is 22.1. The Hall–Kier alpha value is -6.14. The van der Waals surface area contributed by atoms with Crippen molar-refractivity contribution >= 4 is 78.9 Å². The molecule has 95 heavy (non-hydrogen) atoms. The van der Waals surface area contributed by atoms with E-state index in [1.165, 1.54) is 52.4 Å². The first-order valence-corrected chi connectivity index (χ1v) is 34.5. The summed E-state index contributed by atoms with van der Waals surface area (Å²) in [6.07, 6.45) is 17.0. The number of ketones is 2. The largest absolute Gasteiger partial charge is 0.481 e. The number of aliphatic carboxylic acids is 4. The maximum atomic E-state index is 12.6. The van der Waals surface area contributed by atoms with Gasteiger partial charge in [-0.05, 0) is 71.1 Å². The molecule has 0 rings (SSSR count). The van der Waals surface area contributed by atoms with Crippen molar-refractivity contribution in [3.63, 3.8) is 0 Å². The molecule has 0 aromatic carbocycles. The highest BCUT2D eigenvalue weighted by Crippen LogP contribution is 2.15. The molecule has 0 spiro atoms. The average Bonchev–Trinajstić information content (AvgIpc) is 1.39. The third-order valence-corrected chi connectivity index (χ3v) is 13.8. The van der Waals surface area contributed by atoms with Crippen LogP contribution in [0.5, 0.6) is 0 Å². The molecule has 0 aromatic heterocycles. The summed E-state index contributed by atoms with van der Waals surface area (Å²) in [5.74, 6) is -8.04. The second-order valence-corrected chi connectivity index (χ2v) is 22.1. The van der Waals surface area contributed by atoms with E-state index >= 15 is 0 Å². The van der Waals surface area contributed by atoms with Crippen molar-refractivity contribution in [3.8, 4) is 0 Å². The molecule has 552 valence electrons. The lowest BCUT2D eigenvalue weighted by molar-refractivity contribution is -0.144. The number of rotatable bonds is 59. The summed E-state index contributed by atoms with van der Waals surface area (Å²) in [4.78, 5) is 142. The van der Waals surface area contributed by atoms with Crippen molar-refractivity contribution < 1.29 is 96.9 Å². The number of carboxylic acids is 4. The van der Waals surface area contributed by atoms with Gasteiger partial charge in [-0.1, -0.05) is 145 Å². The number of unbranched alkanes of at least 4 members (excludes halogenated alkanes) is 16. The molecule has 13 N–H and O–H groups in total. The predicted molar refractivity (Wildman–Crippen MR) is 364 cm³/mol. The minimum atomic E-state index is -1.57. The van der Waals surface area contributed by atoms with E-state index in [0.717, 1.165) is 64.2 Å². The molecule has 6 amide bonds. The smallest absolute Gasteiger partial charge is 0.326 e. The molecule has 0 aromatic rings. The third kappa shape index (κ3) is 67.6. The summed E-state index contributed by atoms with van der Waals surface area (Å²) in [7, 11) is 5.10. The Morgan fingerprint density at radius 3 is 1.00 bits per heavy atom. The number of Topliss-reactive ketones (excluding diaryl/α,β-unsaturated/α-hetero) is 2. The van der Waals surface area contributed by atoms with Gasteiger partial charge in [0.05, 0.1) is 51.7 Å². The zero-order valence-electron chi connectivity index (χ0n) is 59.3. The fourth-order valence-electron chi connectivity index (χ4n) is 8.62. The standard InChI is InChI=1S/C54H95N7O19.C6H12BNO.3C2H6/c1-40(62)41(55)20-18-19-29-56-49(67)38-79-36-35-78-33-31-58-50(68)39-80-37-34-77-32-30-57-45(63)26-23-42(52(71)72)60-47(65)28-25-44(54(75)76)61-48(66)27-24-43(53(73)74)59-46(64)21-16-14-12-10-8-6-4-2-3-5-7-9-11-13-15-17-22-51(69)70;1-4(2)6(8-7)5(3)9;3*1-2/h41-44H,2-39,55H2,1H3,(H,56,67)(H,57,63)(H,58,68)(H,59,64)(H,60,65)(H,61,66)(H,69,70)(H,71,72)(H,73,74)(H,75,76);4,6,8H,1-3H3;3*1-2H3/t41?,42-,43?,44-;;;;/m0..../s1. The van der Waals surface area contributed by atoms with E-state index in [1.807, 2.05) is 55.4 Å². The van der Waals surface area contributed by atoms with Crippen LogP contribution in [0.25, 0.3) is 0 Å². The van der Waals surface area contributed by atoms with Crippen LogP contribution in [0.1, 0.15) is 243 Å². The number of hydrogen-bond donors (Lipinski definition) is 12. The Labute approximate surface area is 567 Å². The number of carbonyl (C=O) groups is 12. The Bertz CT molecular complexity index is 2040. The quantitative estimate of drug-likeness (QED) is 0.0245. The van der Waals surface area contributed by atoms with Crippen molar-refractivity contribution in [1.29, 1.82) is 0 Å². The van der Waals surface area contributed by atoms with Crippen molar-refractivity contribution in [2.75, 3.05) is 72.5 Å². The molecule has 0 aliphatic heterocycles. The topological polar surface area (TPSA) is 433 Å². The van der Waals surface area contributed by atoms with Crippen molar-refractivity contribution in [2.24, 2.45) is 11.7 Å². The van der Waals surface area contributed by atoms with Crippen LogP contribution in [0.3, 0.4) is 0 Å². The molecule has 0 aliphatic carbocycles. The molecule has 0 fully saturated rings. The molecule has 28 nitrogen and oxygen atoms in total. The van der Waals surface area contributed by atoms with Crippen LogP contribution in [-0.4, -0.2) is 202 Å². The summed E-state index contributed by atoms with van der Waals surface area (Å²) in [5.41, 5.74) is 5.67. The summed E-state index contributed by atoms with van der Waals surface area (Å²) in [6.45, 7) is 20.2. The van der Waals surface area contributed by atoms with Crippen LogP contribution in [0, 0.1) is 5.92 Å². The van der Waals surface area contributed by atoms with E-state index in [9.17, 15) is 72.9 Å². The minimum Gasteiger partial charge on any atom is -0.481 e. The molecule has 2 radical (unpaired) electrons. The Balaban J connectivity index is -0.00000162. The van der Waals surface area contributed by atoms with Gasteiger partial charge in [0.1, 0.15) is 42.9 Å². The van der Waals surface area contributed by atoms with Gasteiger partial charge in [0.2, 0.25) is 35.4 Å². The number of amides is 6. The van der Waals surface area contributed by atoms with E-state index in [2.05, 4.69) is 37.1 Å². The van der Waals surface area contributed by atoms with Crippen LogP contribution in [0.2, 0.25) is 0 Å². The van der Waals surface area contributed by atoms with Gasteiger partial charge in [0.15, 0.2) is 7.98 Å². The van der Waals surface area contributed by atoms with Crippen LogP contribution < -0.4 is 42.9 Å². The Morgan fingerprint density at radius 2 is 0.684 bits per heavy atom.